The Hall–Kier alpha value is -0.580. The van der Waals surface area contributed by atoms with Crippen molar-refractivity contribution in [3.8, 4) is 0 Å². The molecule has 0 aromatic rings. The molecule has 0 N–H and O–H groups in total. The summed E-state index contributed by atoms with van der Waals surface area (Å²) < 4.78 is 30.9. The van der Waals surface area contributed by atoms with Crippen molar-refractivity contribution in [3.63, 3.8) is 0 Å². The van der Waals surface area contributed by atoms with Crippen molar-refractivity contribution >= 4 is 15.8 Å². The van der Waals surface area contributed by atoms with Gasteiger partial charge in [0.15, 0.2) is 9.84 Å². The Kier molecular flexibility index (Phi) is 5.12. The molecule has 5 aliphatic carbocycles. The van der Waals surface area contributed by atoms with E-state index in [1.165, 1.54) is 71.2 Å². The molecule has 1 spiro atoms. The van der Waals surface area contributed by atoms with Gasteiger partial charge in [0, 0.05) is 12.7 Å². The number of rotatable bonds is 4. The summed E-state index contributed by atoms with van der Waals surface area (Å²) in [5.74, 6) is 3.44. The van der Waals surface area contributed by atoms with E-state index in [2.05, 4.69) is 6.92 Å². The summed E-state index contributed by atoms with van der Waals surface area (Å²) in [6.07, 6.45) is 15.3. The van der Waals surface area contributed by atoms with Gasteiger partial charge in [0.25, 0.3) is 0 Å². The largest absolute Gasteiger partial charge is 0.469 e. The fourth-order valence-electron chi connectivity index (χ4n) is 9.83. The zero-order valence-corrected chi connectivity index (χ0v) is 19.9. The summed E-state index contributed by atoms with van der Waals surface area (Å²) in [7, 11) is -1.55. The number of carbonyl (C=O) groups is 1. The predicted molar refractivity (Wildman–Crippen MR) is 118 cm³/mol. The van der Waals surface area contributed by atoms with Gasteiger partial charge in [-0.05, 0) is 104 Å². The van der Waals surface area contributed by atoms with Gasteiger partial charge in [0.1, 0.15) is 0 Å². The topological polar surface area (TPSA) is 60.4 Å². The lowest BCUT2D eigenvalue weighted by molar-refractivity contribution is -0.161. The molecule has 5 rings (SSSR count). The second-order valence-corrected chi connectivity index (χ2v) is 14.1. The van der Waals surface area contributed by atoms with Crippen LogP contribution in [-0.2, 0) is 19.4 Å². The molecule has 0 amide bonds. The minimum atomic E-state index is -3.03. The Morgan fingerprint density at radius 2 is 1.80 bits per heavy atom. The van der Waals surface area contributed by atoms with Crippen molar-refractivity contribution in [2.75, 3.05) is 13.4 Å². The Bertz CT molecular complexity index is 806. The Balaban J connectivity index is 1.42. The zero-order chi connectivity index (χ0) is 21.3. The molecule has 0 saturated heterocycles. The lowest BCUT2D eigenvalue weighted by atomic mass is 9.40. The van der Waals surface area contributed by atoms with E-state index in [0.29, 0.717) is 52.8 Å². The van der Waals surface area contributed by atoms with Crippen LogP contribution < -0.4 is 0 Å². The van der Waals surface area contributed by atoms with E-state index in [4.69, 9.17) is 4.74 Å². The van der Waals surface area contributed by atoms with Gasteiger partial charge in [-0.2, -0.15) is 0 Å². The molecule has 4 nitrogen and oxygen atoms in total. The summed E-state index contributed by atoms with van der Waals surface area (Å²) in [6.45, 7) is 2.53. The van der Waals surface area contributed by atoms with E-state index in [9.17, 15) is 13.2 Å². The molecule has 5 saturated carbocycles. The predicted octanol–water partition coefficient (Wildman–Crippen LogP) is 5.01. The van der Waals surface area contributed by atoms with Crippen LogP contribution in [-0.4, -0.2) is 33.0 Å². The summed E-state index contributed by atoms with van der Waals surface area (Å²) >= 11 is 0. The van der Waals surface area contributed by atoms with Crippen molar-refractivity contribution in [3.05, 3.63) is 0 Å². The first-order valence-corrected chi connectivity index (χ1v) is 14.4. The highest BCUT2D eigenvalue weighted by Crippen LogP contribution is 2.75. The summed E-state index contributed by atoms with van der Waals surface area (Å²) in [4.78, 5) is 11.7. The highest BCUT2D eigenvalue weighted by Gasteiger charge is 2.68. The van der Waals surface area contributed by atoms with Gasteiger partial charge in [0.2, 0.25) is 0 Å². The van der Waals surface area contributed by atoms with Gasteiger partial charge in [-0.15, -0.1) is 0 Å². The van der Waals surface area contributed by atoms with Crippen molar-refractivity contribution in [2.45, 2.75) is 89.2 Å². The van der Waals surface area contributed by atoms with Crippen molar-refractivity contribution in [1.82, 2.24) is 0 Å². The third-order valence-electron chi connectivity index (χ3n) is 11.1. The molecule has 0 aliphatic heterocycles. The minimum Gasteiger partial charge on any atom is -0.469 e. The van der Waals surface area contributed by atoms with Gasteiger partial charge in [-0.1, -0.05) is 19.8 Å². The fraction of sp³-hybridized carbons (Fsp3) is 0.960. The third kappa shape index (κ3) is 2.96. The lowest BCUT2D eigenvalue weighted by Gasteiger charge is -2.66. The molecule has 5 heteroatoms. The maximum absolute atomic E-state index is 13.0. The average Bonchev–Trinajstić information content (AvgIpc) is 2.99. The summed E-state index contributed by atoms with van der Waals surface area (Å²) in [5, 5.41) is -0.117. The number of methoxy groups -OCH3 is 1. The lowest BCUT2D eigenvalue weighted by Crippen LogP contribution is -2.62. The molecule has 170 valence electrons. The molecule has 5 fully saturated rings. The normalized spacial score (nSPS) is 49.8. The minimum absolute atomic E-state index is 0.0881. The highest BCUT2D eigenvalue weighted by atomic mass is 32.2. The quantitative estimate of drug-likeness (QED) is 0.581. The van der Waals surface area contributed by atoms with E-state index < -0.39 is 9.84 Å². The second kappa shape index (κ2) is 7.22. The van der Waals surface area contributed by atoms with E-state index in [1.54, 1.807) is 0 Å². The van der Waals surface area contributed by atoms with E-state index >= 15 is 0 Å². The first kappa shape index (κ1) is 21.3. The SMILES string of the molecule is COC(=O)CC[C@H]1C[C@]23CCC4C(C2CC[C@H]13)[C@H](S(C)(=O)=O)C[C@H]1CCCC[C@]41C. The summed E-state index contributed by atoms with van der Waals surface area (Å²) in [5.41, 5.74) is 0.737. The van der Waals surface area contributed by atoms with Crippen LogP contribution in [0.25, 0.3) is 0 Å². The summed E-state index contributed by atoms with van der Waals surface area (Å²) in [6, 6.07) is 0. The number of fused-ring (bicyclic) bond motifs is 4. The average molecular weight is 437 g/mol. The standard InChI is InChI=1S/C25H40O4S/c1-24-12-5-4-6-17(24)14-21(30(3,27)28)23-19(24)11-13-25-15-16(7-10-22(26)29-2)18(25)8-9-20(23)25/h16-21,23H,4-15H2,1-3H3/t16-,17+,18+,19?,20?,21+,23?,24-,25-/m0/s1. The Morgan fingerprint density at radius 3 is 2.53 bits per heavy atom. The Labute approximate surface area is 182 Å². The van der Waals surface area contributed by atoms with Gasteiger partial charge in [0.05, 0.1) is 12.4 Å². The van der Waals surface area contributed by atoms with E-state index in [1.807, 2.05) is 0 Å². The Morgan fingerprint density at radius 1 is 1.03 bits per heavy atom. The molecule has 0 bridgehead atoms. The van der Waals surface area contributed by atoms with Crippen LogP contribution >= 0.6 is 0 Å². The van der Waals surface area contributed by atoms with Crippen LogP contribution in [0.15, 0.2) is 0 Å². The highest BCUT2D eigenvalue weighted by molar-refractivity contribution is 7.91. The van der Waals surface area contributed by atoms with Crippen LogP contribution in [0.5, 0.6) is 0 Å². The van der Waals surface area contributed by atoms with Crippen molar-refractivity contribution in [2.24, 2.45) is 46.3 Å². The first-order chi connectivity index (χ1) is 14.2. The molecule has 3 unspecified atom stereocenters. The van der Waals surface area contributed by atoms with E-state index in [0.717, 1.165) is 12.8 Å². The fourth-order valence-corrected chi connectivity index (χ4v) is 11.4. The second-order valence-electron chi connectivity index (χ2n) is 11.9. The van der Waals surface area contributed by atoms with Gasteiger partial charge in [-0.3, -0.25) is 4.79 Å². The molecule has 0 aromatic heterocycles. The third-order valence-corrected chi connectivity index (χ3v) is 12.7. The number of sulfone groups is 1. The van der Waals surface area contributed by atoms with Crippen LogP contribution in [0.4, 0.5) is 0 Å². The van der Waals surface area contributed by atoms with Gasteiger partial charge in [-0.25, -0.2) is 8.42 Å². The number of esters is 1. The first-order valence-electron chi connectivity index (χ1n) is 12.5. The monoisotopic (exact) mass is 436 g/mol. The molecule has 5 aliphatic rings. The van der Waals surface area contributed by atoms with Gasteiger partial charge >= 0.3 is 5.97 Å². The number of hydrogen-bond acceptors (Lipinski definition) is 4. The number of ether oxygens (including phenoxy) is 1. The maximum atomic E-state index is 13.0. The van der Waals surface area contributed by atoms with Crippen molar-refractivity contribution in [1.29, 1.82) is 0 Å². The molecule has 0 heterocycles. The molecule has 30 heavy (non-hydrogen) atoms. The molecule has 9 atom stereocenters. The smallest absolute Gasteiger partial charge is 0.305 e. The zero-order valence-electron chi connectivity index (χ0n) is 19.1. The molecule has 0 radical (unpaired) electrons. The number of carbonyl (C=O) groups excluding carboxylic acids is 1. The molecular formula is C25H40O4S. The van der Waals surface area contributed by atoms with Crippen LogP contribution in [0.1, 0.15) is 84.0 Å². The molecule has 0 aromatic carbocycles. The van der Waals surface area contributed by atoms with Crippen LogP contribution in [0.2, 0.25) is 0 Å². The molecular weight excluding hydrogens is 396 g/mol. The van der Waals surface area contributed by atoms with E-state index in [-0.39, 0.29) is 11.2 Å². The number of hydrogen-bond donors (Lipinski definition) is 0. The van der Waals surface area contributed by atoms with Crippen molar-refractivity contribution < 1.29 is 17.9 Å². The maximum Gasteiger partial charge on any atom is 0.305 e. The van der Waals surface area contributed by atoms with Gasteiger partial charge < -0.3 is 4.74 Å². The van der Waals surface area contributed by atoms with Crippen LogP contribution in [0, 0.1) is 46.3 Å². The van der Waals surface area contributed by atoms with Crippen LogP contribution in [0.3, 0.4) is 0 Å².